The molecule has 0 amide bonds. The summed E-state index contributed by atoms with van der Waals surface area (Å²) in [6.07, 6.45) is 3.64. The molecule has 3 N–H and O–H groups in total. The molecular formula is C14H17ClN4. The molecule has 1 aromatic carbocycles. The maximum Gasteiger partial charge on any atom is 0.222 e. The van der Waals surface area contributed by atoms with Gasteiger partial charge in [0.05, 0.1) is 0 Å². The largest absolute Gasteiger partial charge is 0.368 e. The summed E-state index contributed by atoms with van der Waals surface area (Å²) in [5, 5.41) is 3.28. The molecule has 0 spiro atoms. The molecule has 100 valence electrons. The molecule has 0 radical (unpaired) electrons. The van der Waals surface area contributed by atoms with Crippen LogP contribution < -0.4 is 11.1 Å². The monoisotopic (exact) mass is 276 g/mol. The van der Waals surface area contributed by atoms with Gasteiger partial charge in [-0.2, -0.15) is 4.98 Å². The number of benzene rings is 1. The van der Waals surface area contributed by atoms with E-state index in [2.05, 4.69) is 33.5 Å². The van der Waals surface area contributed by atoms with Crippen LogP contribution in [0.3, 0.4) is 0 Å². The Morgan fingerprint density at radius 1 is 1.11 bits per heavy atom. The van der Waals surface area contributed by atoms with E-state index < -0.39 is 0 Å². The molecule has 4 nitrogen and oxygen atoms in total. The Morgan fingerprint density at radius 2 is 1.89 bits per heavy atom. The average Bonchev–Trinajstić information content (AvgIpc) is 2.74. The predicted octanol–water partition coefficient (Wildman–Crippen LogP) is 3.02. The third-order valence-electron chi connectivity index (χ3n) is 3.24. The fourth-order valence-corrected chi connectivity index (χ4v) is 2.45. The number of fused-ring (bicyclic) bond motifs is 1. The summed E-state index contributed by atoms with van der Waals surface area (Å²) in [6.45, 7) is 1.91. The number of aromatic nitrogens is 2. The van der Waals surface area contributed by atoms with Gasteiger partial charge in [-0.05, 0) is 49.4 Å². The van der Waals surface area contributed by atoms with E-state index in [0.717, 1.165) is 17.2 Å². The quantitative estimate of drug-likeness (QED) is 0.885. The standard InChI is InChI=1S/C14H16N4.ClH/c1-9-7-13(18-14(15)16-9)17-12-6-5-10-3-2-4-11(10)8-12;/h5-8H,2-4H2,1H3,(H3,15,16,17,18);1H. The van der Waals surface area contributed by atoms with Crippen LogP contribution in [0.25, 0.3) is 0 Å². The number of nitrogens with one attached hydrogen (secondary N) is 1. The van der Waals surface area contributed by atoms with Crippen LogP contribution in [0, 0.1) is 6.92 Å². The first kappa shape index (κ1) is 13.6. The maximum absolute atomic E-state index is 5.64. The first-order valence-corrected chi connectivity index (χ1v) is 6.21. The first-order chi connectivity index (χ1) is 8.70. The molecule has 3 rings (SSSR count). The van der Waals surface area contributed by atoms with Crippen LogP contribution in [-0.2, 0) is 12.8 Å². The lowest BCUT2D eigenvalue weighted by molar-refractivity contribution is 0.912. The molecule has 0 bridgehead atoms. The Hall–Kier alpha value is -1.81. The summed E-state index contributed by atoms with van der Waals surface area (Å²) in [7, 11) is 0. The number of nitrogens with zero attached hydrogens (tertiary/aromatic N) is 2. The van der Waals surface area contributed by atoms with Crippen LogP contribution in [0.15, 0.2) is 24.3 Å². The lowest BCUT2D eigenvalue weighted by Crippen LogP contribution is -2.01. The van der Waals surface area contributed by atoms with E-state index in [4.69, 9.17) is 5.73 Å². The Kier molecular flexibility index (Phi) is 3.90. The van der Waals surface area contributed by atoms with Crippen LogP contribution in [-0.4, -0.2) is 9.97 Å². The minimum absolute atomic E-state index is 0. The fourth-order valence-electron chi connectivity index (χ4n) is 2.45. The van der Waals surface area contributed by atoms with Gasteiger partial charge in [0.25, 0.3) is 0 Å². The SMILES string of the molecule is Cc1cc(Nc2ccc3c(c2)CCC3)nc(N)n1.Cl. The van der Waals surface area contributed by atoms with Crippen LogP contribution >= 0.6 is 12.4 Å². The molecular weight excluding hydrogens is 260 g/mol. The van der Waals surface area contributed by atoms with E-state index >= 15 is 0 Å². The van der Waals surface area contributed by atoms with Gasteiger partial charge in [0, 0.05) is 17.4 Å². The molecule has 1 aromatic heterocycles. The Morgan fingerprint density at radius 3 is 2.68 bits per heavy atom. The second kappa shape index (κ2) is 5.45. The summed E-state index contributed by atoms with van der Waals surface area (Å²) >= 11 is 0. The van der Waals surface area contributed by atoms with Gasteiger partial charge >= 0.3 is 0 Å². The summed E-state index contributed by atoms with van der Waals surface area (Å²) in [5.41, 5.74) is 10.5. The molecule has 0 saturated carbocycles. The van der Waals surface area contributed by atoms with E-state index in [1.807, 2.05) is 13.0 Å². The van der Waals surface area contributed by atoms with Gasteiger partial charge < -0.3 is 11.1 Å². The molecule has 1 aliphatic carbocycles. The number of anilines is 3. The van der Waals surface area contributed by atoms with Crippen molar-refractivity contribution in [2.24, 2.45) is 0 Å². The fraction of sp³-hybridized carbons (Fsp3) is 0.286. The normalized spacial score (nSPS) is 12.7. The van der Waals surface area contributed by atoms with Crippen LogP contribution in [0.2, 0.25) is 0 Å². The lowest BCUT2D eigenvalue weighted by Gasteiger charge is -2.08. The highest BCUT2D eigenvalue weighted by atomic mass is 35.5. The molecule has 0 unspecified atom stereocenters. The number of rotatable bonds is 2. The molecule has 1 heterocycles. The molecule has 0 atom stereocenters. The molecule has 2 aromatic rings. The number of hydrogen-bond donors (Lipinski definition) is 2. The summed E-state index contributed by atoms with van der Waals surface area (Å²) < 4.78 is 0. The van der Waals surface area contributed by atoms with Gasteiger partial charge in [0.15, 0.2) is 0 Å². The first-order valence-electron chi connectivity index (χ1n) is 6.21. The summed E-state index contributed by atoms with van der Waals surface area (Å²) in [5.74, 6) is 1.05. The van der Waals surface area contributed by atoms with Crippen molar-refractivity contribution in [3.05, 3.63) is 41.1 Å². The van der Waals surface area contributed by atoms with E-state index in [1.54, 1.807) is 0 Å². The zero-order chi connectivity index (χ0) is 12.5. The summed E-state index contributed by atoms with van der Waals surface area (Å²) in [4.78, 5) is 8.24. The van der Waals surface area contributed by atoms with Gasteiger partial charge in [-0.15, -0.1) is 12.4 Å². The number of aryl methyl sites for hydroxylation is 3. The average molecular weight is 277 g/mol. The molecule has 0 aliphatic heterocycles. The summed E-state index contributed by atoms with van der Waals surface area (Å²) in [6, 6.07) is 8.39. The Balaban J connectivity index is 0.00000133. The van der Waals surface area contributed by atoms with E-state index in [-0.39, 0.29) is 12.4 Å². The lowest BCUT2D eigenvalue weighted by atomic mass is 10.1. The molecule has 0 saturated heterocycles. The van der Waals surface area contributed by atoms with Crippen molar-refractivity contribution in [3.63, 3.8) is 0 Å². The van der Waals surface area contributed by atoms with Gasteiger partial charge in [-0.1, -0.05) is 6.07 Å². The van der Waals surface area contributed by atoms with Crippen molar-refractivity contribution in [3.8, 4) is 0 Å². The third kappa shape index (κ3) is 2.96. The Labute approximate surface area is 118 Å². The van der Waals surface area contributed by atoms with Gasteiger partial charge in [-0.3, -0.25) is 0 Å². The minimum Gasteiger partial charge on any atom is -0.368 e. The zero-order valence-corrected chi connectivity index (χ0v) is 11.6. The Bertz CT molecular complexity index is 578. The molecule has 5 heteroatoms. The topological polar surface area (TPSA) is 63.8 Å². The highest BCUT2D eigenvalue weighted by Gasteiger charge is 2.11. The van der Waals surface area contributed by atoms with Crippen LogP contribution in [0.5, 0.6) is 0 Å². The van der Waals surface area contributed by atoms with E-state index in [0.29, 0.717) is 5.95 Å². The van der Waals surface area contributed by atoms with Gasteiger partial charge in [0.1, 0.15) is 5.82 Å². The van der Waals surface area contributed by atoms with Gasteiger partial charge in [-0.25, -0.2) is 4.98 Å². The zero-order valence-electron chi connectivity index (χ0n) is 10.8. The van der Waals surface area contributed by atoms with Gasteiger partial charge in [0.2, 0.25) is 5.95 Å². The number of nitrogens with two attached hydrogens (primary N) is 1. The predicted molar refractivity (Wildman–Crippen MR) is 80.2 cm³/mol. The van der Waals surface area contributed by atoms with Crippen LogP contribution in [0.4, 0.5) is 17.5 Å². The van der Waals surface area contributed by atoms with Crippen molar-refractivity contribution in [2.45, 2.75) is 26.2 Å². The van der Waals surface area contributed by atoms with E-state index in [9.17, 15) is 0 Å². The smallest absolute Gasteiger partial charge is 0.222 e. The maximum atomic E-state index is 5.64. The third-order valence-corrected chi connectivity index (χ3v) is 3.24. The highest BCUT2D eigenvalue weighted by molar-refractivity contribution is 5.85. The second-order valence-corrected chi connectivity index (χ2v) is 4.71. The number of hydrogen-bond acceptors (Lipinski definition) is 4. The van der Waals surface area contributed by atoms with Crippen molar-refractivity contribution >= 4 is 29.9 Å². The molecule has 0 fully saturated rings. The molecule has 19 heavy (non-hydrogen) atoms. The number of nitrogen functional groups attached to an aromatic ring is 1. The van der Waals surface area contributed by atoms with Crippen LogP contribution in [0.1, 0.15) is 23.2 Å². The van der Waals surface area contributed by atoms with Crippen molar-refractivity contribution in [1.29, 1.82) is 0 Å². The highest BCUT2D eigenvalue weighted by Crippen LogP contribution is 2.26. The van der Waals surface area contributed by atoms with E-state index in [1.165, 1.54) is 30.4 Å². The number of halogens is 1. The van der Waals surface area contributed by atoms with Crippen molar-refractivity contribution < 1.29 is 0 Å². The minimum atomic E-state index is 0. The van der Waals surface area contributed by atoms with Crippen molar-refractivity contribution in [1.82, 2.24) is 9.97 Å². The molecule has 1 aliphatic rings. The second-order valence-electron chi connectivity index (χ2n) is 4.71. The van der Waals surface area contributed by atoms with Crippen molar-refractivity contribution in [2.75, 3.05) is 11.1 Å².